The van der Waals surface area contributed by atoms with Crippen LogP contribution >= 0.6 is 0 Å². The second-order valence-corrected chi connectivity index (χ2v) is 6.94. The van der Waals surface area contributed by atoms with Crippen molar-refractivity contribution in [2.75, 3.05) is 39.5 Å². The minimum Gasteiger partial charge on any atom is -0.381 e. The molecule has 0 bridgehead atoms. The molecule has 0 aromatic rings. The highest BCUT2D eigenvalue weighted by atomic mass is 16.5. The van der Waals surface area contributed by atoms with Gasteiger partial charge in [-0.15, -0.1) is 0 Å². The zero-order valence-corrected chi connectivity index (χ0v) is 13.8. The number of ether oxygens (including phenoxy) is 2. The molecule has 22 heavy (non-hydrogen) atoms. The molecule has 0 radical (unpaired) electrons. The van der Waals surface area contributed by atoms with E-state index in [0.717, 1.165) is 39.0 Å². The lowest BCUT2D eigenvalue weighted by atomic mass is 9.86. The monoisotopic (exact) mass is 310 g/mol. The third-order valence-corrected chi connectivity index (χ3v) is 5.49. The number of carbonyl (C=O) groups is 1. The van der Waals surface area contributed by atoms with Crippen LogP contribution in [0, 0.1) is 5.92 Å². The maximum absolute atomic E-state index is 12.3. The molecule has 5 nitrogen and oxygen atoms in total. The summed E-state index contributed by atoms with van der Waals surface area (Å²) in [5, 5.41) is 3.22. The van der Waals surface area contributed by atoms with Crippen molar-refractivity contribution in [1.29, 1.82) is 0 Å². The van der Waals surface area contributed by atoms with Gasteiger partial charge in [0.1, 0.15) is 0 Å². The quantitative estimate of drug-likeness (QED) is 0.809. The van der Waals surface area contributed by atoms with E-state index in [1.54, 1.807) is 0 Å². The van der Waals surface area contributed by atoms with Crippen LogP contribution in [0.15, 0.2) is 0 Å². The molecule has 2 atom stereocenters. The first-order valence-corrected chi connectivity index (χ1v) is 8.97. The number of nitrogens with zero attached hydrogens (tertiary/aromatic N) is 1. The SMILES string of the molecule is CCO[C@@H]1C[C@@H]1C(=O)NCC1(N2CCCCC2)CCOCC1. The fourth-order valence-electron chi connectivity index (χ4n) is 3.95. The van der Waals surface area contributed by atoms with Gasteiger partial charge in [-0.05, 0) is 52.1 Å². The molecule has 0 aromatic carbocycles. The second kappa shape index (κ2) is 7.28. The number of rotatable bonds is 6. The molecule has 3 fully saturated rings. The Hall–Kier alpha value is -0.650. The lowest BCUT2D eigenvalue weighted by molar-refractivity contribution is -0.124. The Morgan fingerprint density at radius 1 is 1.27 bits per heavy atom. The normalized spacial score (nSPS) is 31.7. The number of likely N-dealkylation sites (tertiary alicyclic amines) is 1. The summed E-state index contributed by atoms with van der Waals surface area (Å²) < 4.78 is 11.1. The van der Waals surface area contributed by atoms with E-state index < -0.39 is 0 Å². The van der Waals surface area contributed by atoms with Crippen LogP contribution in [-0.4, -0.2) is 61.9 Å². The fourth-order valence-corrected chi connectivity index (χ4v) is 3.95. The predicted octanol–water partition coefficient (Wildman–Crippen LogP) is 1.56. The number of hydrogen-bond acceptors (Lipinski definition) is 4. The molecular formula is C17H30N2O3. The molecule has 3 rings (SSSR count). The Morgan fingerprint density at radius 2 is 2.00 bits per heavy atom. The highest BCUT2D eigenvalue weighted by molar-refractivity contribution is 5.82. The largest absolute Gasteiger partial charge is 0.381 e. The molecule has 1 amide bonds. The van der Waals surface area contributed by atoms with E-state index in [9.17, 15) is 4.79 Å². The highest BCUT2D eigenvalue weighted by Crippen LogP contribution is 2.35. The summed E-state index contributed by atoms with van der Waals surface area (Å²) in [6, 6.07) is 0. The van der Waals surface area contributed by atoms with Crippen molar-refractivity contribution in [2.24, 2.45) is 5.92 Å². The molecule has 0 spiro atoms. The standard InChI is InChI=1S/C17H30N2O3/c1-2-22-15-12-14(15)16(20)18-13-17(6-10-21-11-7-17)19-8-4-3-5-9-19/h14-15H,2-13H2,1H3,(H,18,20)/t14-,15+/m0/s1. The molecule has 3 aliphatic rings. The zero-order chi connectivity index (χ0) is 15.4. The van der Waals surface area contributed by atoms with Gasteiger partial charge in [-0.1, -0.05) is 6.42 Å². The highest BCUT2D eigenvalue weighted by Gasteiger charge is 2.45. The molecule has 1 saturated carbocycles. The molecule has 126 valence electrons. The molecule has 0 unspecified atom stereocenters. The first-order chi connectivity index (χ1) is 10.7. The van der Waals surface area contributed by atoms with Gasteiger partial charge in [0.05, 0.1) is 12.0 Å². The van der Waals surface area contributed by atoms with Crippen molar-refractivity contribution in [3.63, 3.8) is 0 Å². The van der Waals surface area contributed by atoms with E-state index in [1.807, 2.05) is 6.92 Å². The van der Waals surface area contributed by atoms with Gasteiger partial charge in [-0.2, -0.15) is 0 Å². The Morgan fingerprint density at radius 3 is 2.68 bits per heavy atom. The number of hydrogen-bond donors (Lipinski definition) is 1. The van der Waals surface area contributed by atoms with Gasteiger partial charge in [0.2, 0.25) is 5.91 Å². The lowest BCUT2D eigenvalue weighted by Gasteiger charge is -2.48. The molecule has 2 saturated heterocycles. The van der Waals surface area contributed by atoms with Gasteiger partial charge in [-0.25, -0.2) is 0 Å². The topological polar surface area (TPSA) is 50.8 Å². The number of piperidine rings is 1. The Kier molecular flexibility index (Phi) is 5.37. The van der Waals surface area contributed by atoms with Crippen molar-refractivity contribution in [3.8, 4) is 0 Å². The molecule has 0 aromatic heterocycles. The summed E-state index contributed by atoms with van der Waals surface area (Å²) in [5.41, 5.74) is 0.115. The third kappa shape index (κ3) is 3.63. The van der Waals surface area contributed by atoms with E-state index >= 15 is 0 Å². The minimum absolute atomic E-state index is 0.0817. The smallest absolute Gasteiger partial charge is 0.225 e. The average Bonchev–Trinajstić information content (AvgIpc) is 3.34. The van der Waals surface area contributed by atoms with Crippen LogP contribution < -0.4 is 5.32 Å². The van der Waals surface area contributed by atoms with Crippen molar-refractivity contribution in [3.05, 3.63) is 0 Å². The maximum Gasteiger partial charge on any atom is 0.225 e. The predicted molar refractivity (Wildman–Crippen MR) is 84.7 cm³/mol. The third-order valence-electron chi connectivity index (χ3n) is 5.49. The van der Waals surface area contributed by atoms with Crippen molar-refractivity contribution in [2.45, 2.75) is 57.1 Å². The Bertz CT molecular complexity index is 376. The summed E-state index contributed by atoms with van der Waals surface area (Å²) in [5.74, 6) is 0.263. The molecule has 1 N–H and O–H groups in total. The van der Waals surface area contributed by atoms with E-state index in [1.165, 1.54) is 32.4 Å². The number of carbonyl (C=O) groups excluding carboxylic acids is 1. The maximum atomic E-state index is 12.3. The molecule has 2 heterocycles. The summed E-state index contributed by atoms with van der Waals surface area (Å²) in [7, 11) is 0. The molecular weight excluding hydrogens is 280 g/mol. The van der Waals surface area contributed by atoms with Gasteiger partial charge >= 0.3 is 0 Å². The van der Waals surface area contributed by atoms with E-state index in [0.29, 0.717) is 6.61 Å². The fraction of sp³-hybridized carbons (Fsp3) is 0.941. The zero-order valence-electron chi connectivity index (χ0n) is 13.8. The van der Waals surface area contributed by atoms with E-state index in [2.05, 4.69) is 10.2 Å². The van der Waals surface area contributed by atoms with Gasteiger partial charge in [0.15, 0.2) is 0 Å². The van der Waals surface area contributed by atoms with Crippen molar-refractivity contribution in [1.82, 2.24) is 10.2 Å². The molecule has 2 aliphatic heterocycles. The minimum atomic E-state index is 0.0817. The molecule has 5 heteroatoms. The summed E-state index contributed by atoms with van der Waals surface area (Å²) >= 11 is 0. The summed E-state index contributed by atoms with van der Waals surface area (Å²) in [4.78, 5) is 14.9. The number of nitrogens with one attached hydrogen (secondary N) is 1. The van der Waals surface area contributed by atoms with E-state index in [4.69, 9.17) is 9.47 Å². The Labute approximate surface area is 133 Å². The van der Waals surface area contributed by atoms with Gasteiger partial charge < -0.3 is 14.8 Å². The lowest BCUT2D eigenvalue weighted by Crippen LogP contribution is -2.59. The van der Waals surface area contributed by atoms with Crippen LogP contribution in [0.4, 0.5) is 0 Å². The summed E-state index contributed by atoms with van der Waals surface area (Å²) in [6.45, 7) is 7.42. The van der Waals surface area contributed by atoms with Crippen LogP contribution in [-0.2, 0) is 14.3 Å². The van der Waals surface area contributed by atoms with Gasteiger partial charge in [-0.3, -0.25) is 9.69 Å². The second-order valence-electron chi connectivity index (χ2n) is 6.94. The summed E-state index contributed by atoms with van der Waals surface area (Å²) in [6.07, 6.45) is 7.02. The van der Waals surface area contributed by atoms with Crippen molar-refractivity contribution >= 4 is 5.91 Å². The van der Waals surface area contributed by atoms with Crippen LogP contribution in [0.25, 0.3) is 0 Å². The Balaban J connectivity index is 1.55. The van der Waals surface area contributed by atoms with Crippen LogP contribution in [0.3, 0.4) is 0 Å². The first-order valence-electron chi connectivity index (χ1n) is 8.97. The van der Waals surface area contributed by atoms with Gasteiger partial charge in [0.25, 0.3) is 0 Å². The average molecular weight is 310 g/mol. The number of amides is 1. The van der Waals surface area contributed by atoms with E-state index in [-0.39, 0.29) is 23.5 Å². The molecule has 1 aliphatic carbocycles. The van der Waals surface area contributed by atoms with Gasteiger partial charge in [0, 0.05) is 31.9 Å². The van der Waals surface area contributed by atoms with Crippen LogP contribution in [0.2, 0.25) is 0 Å². The van der Waals surface area contributed by atoms with Crippen molar-refractivity contribution < 1.29 is 14.3 Å². The first kappa shape index (κ1) is 16.2. The van der Waals surface area contributed by atoms with Crippen LogP contribution in [0.1, 0.15) is 45.4 Å². The van der Waals surface area contributed by atoms with Crippen LogP contribution in [0.5, 0.6) is 0 Å².